The summed E-state index contributed by atoms with van der Waals surface area (Å²) in [5.74, 6) is 0. The lowest BCUT2D eigenvalue weighted by Crippen LogP contribution is -2.26. The Hall–Kier alpha value is 0.405. The summed E-state index contributed by atoms with van der Waals surface area (Å²) in [4.78, 5) is 0. The molecular formula is C11H25BO3PS. The van der Waals surface area contributed by atoms with Gasteiger partial charge in [0.15, 0.2) is 0 Å². The van der Waals surface area contributed by atoms with Crippen LogP contribution in [0.2, 0.25) is 0 Å². The fourth-order valence-corrected chi connectivity index (χ4v) is 4.27. The molecule has 0 aromatic rings. The van der Waals surface area contributed by atoms with E-state index in [4.69, 9.17) is 4.18 Å². The highest BCUT2D eigenvalue weighted by atomic mass is 32.2. The predicted molar refractivity (Wildman–Crippen MR) is 77.5 cm³/mol. The molecule has 0 rings (SSSR count). The van der Waals surface area contributed by atoms with Crippen molar-refractivity contribution in [2.75, 3.05) is 19.3 Å². The Morgan fingerprint density at radius 3 is 1.82 bits per heavy atom. The summed E-state index contributed by atoms with van der Waals surface area (Å²) in [7, 11) is -3.76. The van der Waals surface area contributed by atoms with Crippen LogP contribution in [-0.2, 0) is 14.3 Å². The van der Waals surface area contributed by atoms with Gasteiger partial charge in [0.1, 0.15) is 0 Å². The molecule has 0 N–H and O–H groups in total. The van der Waals surface area contributed by atoms with Crippen LogP contribution in [0.15, 0.2) is 0 Å². The zero-order chi connectivity index (χ0) is 13.2. The second-order valence-corrected chi connectivity index (χ2v) is 10.7. The van der Waals surface area contributed by atoms with E-state index in [9.17, 15) is 8.42 Å². The molecule has 0 aromatic heterocycles. The summed E-state index contributed by atoms with van der Waals surface area (Å²) in [5, 5.41) is 0.137. The van der Waals surface area contributed by atoms with E-state index in [1.54, 1.807) is 0 Å². The Morgan fingerprint density at radius 2 is 1.53 bits per heavy atom. The zero-order valence-electron chi connectivity index (χ0n) is 12.1. The Bertz CT molecular complexity index is 320. The van der Waals surface area contributed by atoms with Crippen molar-refractivity contribution in [3.63, 3.8) is 0 Å². The molecule has 0 fully saturated rings. The van der Waals surface area contributed by atoms with Crippen LogP contribution in [0.3, 0.4) is 0 Å². The summed E-state index contributed by atoms with van der Waals surface area (Å²) in [5.41, 5.74) is 0.255. The smallest absolute Gasteiger partial charge is 0.264 e. The van der Waals surface area contributed by atoms with Crippen LogP contribution in [-0.4, -0.2) is 41.3 Å². The van der Waals surface area contributed by atoms with Gasteiger partial charge in [-0.25, -0.2) is 0 Å². The molecule has 0 aliphatic carbocycles. The van der Waals surface area contributed by atoms with Gasteiger partial charge in [0.2, 0.25) is 0 Å². The van der Waals surface area contributed by atoms with E-state index in [-0.39, 0.29) is 19.0 Å². The van der Waals surface area contributed by atoms with E-state index in [0.717, 1.165) is 12.7 Å². The van der Waals surface area contributed by atoms with Gasteiger partial charge < -0.3 is 0 Å². The highest BCUT2D eigenvalue weighted by Gasteiger charge is 2.31. The molecule has 0 bridgehead atoms. The lowest BCUT2D eigenvalue weighted by molar-refractivity contribution is 0.330. The van der Waals surface area contributed by atoms with Crippen molar-refractivity contribution in [3.8, 4) is 0 Å². The molecule has 6 heteroatoms. The van der Waals surface area contributed by atoms with E-state index >= 15 is 0 Å². The monoisotopic (exact) mass is 279 g/mol. The average molecular weight is 279 g/mol. The summed E-state index contributed by atoms with van der Waals surface area (Å²) in [6.07, 6.45) is 2.50. The molecule has 3 radical (unpaired) electrons. The fourth-order valence-electron chi connectivity index (χ4n) is 1.78. The van der Waals surface area contributed by atoms with Crippen molar-refractivity contribution in [1.29, 1.82) is 0 Å². The minimum absolute atomic E-state index is 0. The molecule has 0 amide bonds. The minimum Gasteiger partial charge on any atom is -0.266 e. The van der Waals surface area contributed by atoms with Gasteiger partial charge in [-0.15, -0.1) is 0 Å². The summed E-state index contributed by atoms with van der Waals surface area (Å²) in [6, 6.07) is 0. The van der Waals surface area contributed by atoms with Crippen LogP contribution in [0.4, 0.5) is 0 Å². The summed E-state index contributed by atoms with van der Waals surface area (Å²) >= 11 is 0. The summed E-state index contributed by atoms with van der Waals surface area (Å²) < 4.78 is 26.8. The Kier molecular flexibility index (Phi) is 7.59. The lowest BCUT2D eigenvalue weighted by Gasteiger charge is -2.37. The first-order valence-electron chi connectivity index (χ1n) is 5.39. The molecule has 0 aliphatic rings. The standard InChI is InChI=1S/C11H25O3PS.B/c1-10(2,3)8-11(4,5)15(6)9-14-16(7,12)13;/h8-9H2,1-7H3;/t15-;/m0./s1. The van der Waals surface area contributed by atoms with Crippen molar-refractivity contribution in [1.82, 2.24) is 0 Å². The van der Waals surface area contributed by atoms with Crippen LogP contribution in [0.25, 0.3) is 0 Å². The average Bonchev–Trinajstić information content (AvgIpc) is 1.93. The SMILES string of the molecule is C[P@@](COS(C)(=O)=O)C(C)(C)CC(C)(C)C.[B]. The van der Waals surface area contributed by atoms with Crippen molar-refractivity contribution in [2.45, 2.75) is 46.2 Å². The van der Waals surface area contributed by atoms with E-state index < -0.39 is 18.0 Å². The maximum atomic E-state index is 10.9. The van der Waals surface area contributed by atoms with Crippen molar-refractivity contribution < 1.29 is 12.6 Å². The van der Waals surface area contributed by atoms with E-state index in [1.807, 2.05) is 0 Å². The quantitative estimate of drug-likeness (QED) is 0.441. The molecule has 0 unspecified atom stereocenters. The van der Waals surface area contributed by atoms with E-state index in [1.165, 1.54) is 0 Å². The fraction of sp³-hybridized carbons (Fsp3) is 1.00. The second-order valence-electron chi connectivity index (χ2n) is 6.20. The van der Waals surface area contributed by atoms with Gasteiger partial charge in [0.25, 0.3) is 10.1 Å². The molecule has 1 atom stereocenters. The zero-order valence-corrected chi connectivity index (χ0v) is 13.8. The van der Waals surface area contributed by atoms with Crippen LogP contribution >= 0.6 is 7.92 Å². The third-order valence-electron chi connectivity index (χ3n) is 2.46. The lowest BCUT2D eigenvalue weighted by atomic mass is 9.86. The van der Waals surface area contributed by atoms with Crippen LogP contribution in [0.5, 0.6) is 0 Å². The first kappa shape index (κ1) is 19.7. The van der Waals surface area contributed by atoms with Crippen molar-refractivity contribution >= 4 is 26.5 Å². The number of rotatable bonds is 5. The molecule has 0 heterocycles. The van der Waals surface area contributed by atoms with Gasteiger partial charge >= 0.3 is 0 Å². The molecule has 17 heavy (non-hydrogen) atoms. The Balaban J connectivity index is 0. The second kappa shape index (κ2) is 6.54. The molecule has 0 saturated heterocycles. The van der Waals surface area contributed by atoms with Crippen molar-refractivity contribution in [3.05, 3.63) is 0 Å². The van der Waals surface area contributed by atoms with Gasteiger partial charge in [-0.2, -0.15) is 8.42 Å². The first-order valence-corrected chi connectivity index (χ1v) is 9.18. The van der Waals surface area contributed by atoms with Crippen LogP contribution < -0.4 is 0 Å². The molecule has 101 valence electrons. The van der Waals surface area contributed by atoms with E-state index in [2.05, 4.69) is 41.3 Å². The van der Waals surface area contributed by atoms with E-state index in [0.29, 0.717) is 6.35 Å². The van der Waals surface area contributed by atoms with Crippen LogP contribution in [0.1, 0.15) is 41.0 Å². The topological polar surface area (TPSA) is 43.4 Å². The molecular weight excluding hydrogens is 254 g/mol. The largest absolute Gasteiger partial charge is 0.266 e. The highest BCUT2D eigenvalue weighted by Crippen LogP contribution is 2.51. The highest BCUT2D eigenvalue weighted by molar-refractivity contribution is 7.86. The Morgan fingerprint density at radius 1 is 1.12 bits per heavy atom. The predicted octanol–water partition coefficient (Wildman–Crippen LogP) is 2.87. The van der Waals surface area contributed by atoms with Gasteiger partial charge in [-0.1, -0.05) is 42.5 Å². The number of hydrogen-bond donors (Lipinski definition) is 0. The van der Waals surface area contributed by atoms with Gasteiger partial charge in [0.05, 0.1) is 12.6 Å². The summed E-state index contributed by atoms with van der Waals surface area (Å²) in [6.45, 7) is 13.1. The maximum absolute atomic E-state index is 10.9. The minimum atomic E-state index is -3.31. The third kappa shape index (κ3) is 10.0. The normalized spacial score (nSPS) is 15.2. The molecule has 0 aliphatic heterocycles. The molecule has 3 nitrogen and oxygen atoms in total. The molecule has 0 spiro atoms. The maximum Gasteiger partial charge on any atom is 0.264 e. The number of hydrogen-bond acceptors (Lipinski definition) is 3. The first-order chi connectivity index (χ1) is 6.83. The van der Waals surface area contributed by atoms with Gasteiger partial charge in [-0.05, 0) is 23.7 Å². The molecule has 0 saturated carbocycles. The molecule has 0 aromatic carbocycles. The van der Waals surface area contributed by atoms with Crippen LogP contribution in [0, 0.1) is 5.41 Å². The van der Waals surface area contributed by atoms with Crippen molar-refractivity contribution in [2.24, 2.45) is 5.41 Å². The third-order valence-corrected chi connectivity index (χ3v) is 5.92. The van der Waals surface area contributed by atoms with Gasteiger partial charge in [0, 0.05) is 8.41 Å². The Labute approximate surface area is 110 Å². The van der Waals surface area contributed by atoms with Gasteiger partial charge in [-0.3, -0.25) is 4.18 Å².